The van der Waals surface area contributed by atoms with Crippen molar-refractivity contribution < 1.29 is 13.2 Å². The predicted molar refractivity (Wildman–Crippen MR) is 311 cm³/mol. The minimum absolute atomic E-state index is 0.122. The van der Waals surface area contributed by atoms with Crippen molar-refractivity contribution in [2.45, 2.75) is 6.18 Å². The van der Waals surface area contributed by atoms with Gasteiger partial charge in [-0.2, -0.15) is 18.4 Å². The van der Waals surface area contributed by atoms with Crippen LogP contribution in [-0.4, -0.2) is 18.3 Å². The van der Waals surface area contributed by atoms with Gasteiger partial charge in [-0.3, -0.25) is 0 Å². The normalized spacial score (nSPS) is 12.0. The molecule has 0 aliphatic heterocycles. The molecule has 0 atom stereocenters. The van der Waals surface area contributed by atoms with Crippen LogP contribution in [0.25, 0.3) is 137 Å². The number of para-hydroxylation sites is 6. The number of nitrogens with zero attached hydrogens (tertiary/aromatic N) is 6. The Labute approximate surface area is 443 Å². The van der Waals surface area contributed by atoms with Crippen molar-refractivity contribution in [3.05, 3.63) is 259 Å². The molecule has 0 saturated carbocycles. The van der Waals surface area contributed by atoms with E-state index in [0.29, 0.717) is 27.8 Å². The van der Waals surface area contributed by atoms with Crippen molar-refractivity contribution in [1.29, 1.82) is 5.26 Å². The molecule has 0 radical (unpaired) electrons. The minimum atomic E-state index is -4.64. The van der Waals surface area contributed by atoms with E-state index in [1.54, 1.807) is 0 Å². The summed E-state index contributed by atoms with van der Waals surface area (Å²) in [6.45, 7) is 8.18. The third kappa shape index (κ3) is 6.62. The molecular weight excluding hydrogens is 970 g/mol. The maximum absolute atomic E-state index is 14.3. The zero-order valence-corrected chi connectivity index (χ0v) is 41.3. The molecule has 4 heterocycles. The lowest BCUT2D eigenvalue weighted by atomic mass is 9.93. The number of alkyl halides is 3. The van der Waals surface area contributed by atoms with Gasteiger partial charge in [0.1, 0.15) is 0 Å². The third-order valence-electron chi connectivity index (χ3n) is 15.6. The van der Waals surface area contributed by atoms with Gasteiger partial charge < -0.3 is 18.3 Å². The van der Waals surface area contributed by atoms with Crippen molar-refractivity contribution in [2.75, 3.05) is 0 Å². The molecule has 4 aromatic heterocycles. The number of rotatable bonds is 6. The highest BCUT2D eigenvalue weighted by Crippen LogP contribution is 2.47. The van der Waals surface area contributed by atoms with Crippen LogP contribution in [0.5, 0.6) is 0 Å². The third-order valence-corrected chi connectivity index (χ3v) is 15.6. The first-order valence-electron chi connectivity index (χ1n) is 25.6. The molecule has 366 valence electrons. The van der Waals surface area contributed by atoms with E-state index in [9.17, 15) is 18.4 Å². The van der Waals surface area contributed by atoms with E-state index in [-0.39, 0.29) is 5.69 Å². The zero-order valence-electron chi connectivity index (χ0n) is 41.3. The lowest BCUT2D eigenvalue weighted by Crippen LogP contribution is -2.04. The van der Waals surface area contributed by atoms with Crippen LogP contribution in [0.3, 0.4) is 0 Å². The van der Waals surface area contributed by atoms with Crippen molar-refractivity contribution in [3.63, 3.8) is 0 Å². The lowest BCUT2D eigenvalue weighted by Gasteiger charge is -2.20. The topological polar surface area (TPSA) is 47.9 Å². The molecule has 0 aliphatic rings. The van der Waals surface area contributed by atoms with Gasteiger partial charge in [0, 0.05) is 71.2 Å². The van der Waals surface area contributed by atoms with E-state index in [1.807, 2.05) is 72.8 Å². The van der Waals surface area contributed by atoms with Crippen molar-refractivity contribution in [1.82, 2.24) is 18.3 Å². The summed E-state index contributed by atoms with van der Waals surface area (Å²) in [5, 5.41) is 19.4. The smallest absolute Gasteiger partial charge is 0.309 e. The van der Waals surface area contributed by atoms with Gasteiger partial charge in [-0.1, -0.05) is 127 Å². The van der Waals surface area contributed by atoms with E-state index in [0.717, 1.165) is 122 Å². The molecule has 15 rings (SSSR count). The summed E-state index contributed by atoms with van der Waals surface area (Å²) < 4.78 is 51.9. The van der Waals surface area contributed by atoms with Crippen molar-refractivity contribution >= 4 is 92.9 Å². The molecule has 6 nitrogen and oxygen atoms in total. The summed E-state index contributed by atoms with van der Waals surface area (Å²) in [5.41, 5.74) is 13.3. The molecule has 0 unspecified atom stereocenters. The number of aromatic nitrogens is 4. The quantitative estimate of drug-likeness (QED) is 0.153. The molecule has 0 bridgehead atoms. The lowest BCUT2D eigenvalue weighted by molar-refractivity contribution is -0.137. The SMILES string of the molecule is [C-]#[N+]c1cc(C(F)(F)F)ccc1-c1ccc(-n2c3ccccc3c3cc4c5ccccc5n(-c5ccccc5)c4cc32)c(-c2cc(C#N)ccc2-n2c3ccccc3c3cc4c5ccccc5n(-c5ccccc5)c4cc32)c1. The first-order valence-corrected chi connectivity index (χ1v) is 25.6. The van der Waals surface area contributed by atoms with Crippen LogP contribution >= 0.6 is 0 Å². The minimum Gasteiger partial charge on any atom is -0.309 e. The highest BCUT2D eigenvalue weighted by molar-refractivity contribution is 6.21. The summed E-state index contributed by atoms with van der Waals surface area (Å²) in [6, 6.07) is 80.9. The second-order valence-electron chi connectivity index (χ2n) is 19.8. The molecule has 78 heavy (non-hydrogen) atoms. The van der Waals surface area contributed by atoms with Crippen LogP contribution in [0.2, 0.25) is 0 Å². The molecule has 0 fully saturated rings. The Balaban J connectivity index is 1.07. The van der Waals surface area contributed by atoms with Gasteiger partial charge in [-0.15, -0.1) is 0 Å². The number of halogens is 3. The average Bonchev–Trinajstić information content (AvgIpc) is 4.41. The number of benzene rings is 11. The van der Waals surface area contributed by atoms with Crippen molar-refractivity contribution in [2.24, 2.45) is 0 Å². The highest BCUT2D eigenvalue weighted by Gasteiger charge is 2.31. The largest absolute Gasteiger partial charge is 0.415 e. The van der Waals surface area contributed by atoms with Gasteiger partial charge in [-0.05, 0) is 120 Å². The maximum atomic E-state index is 14.3. The molecule has 0 spiro atoms. The van der Waals surface area contributed by atoms with Gasteiger partial charge in [0.2, 0.25) is 0 Å². The second kappa shape index (κ2) is 17.0. The molecule has 0 aliphatic carbocycles. The number of nitriles is 1. The number of fused-ring (bicyclic) bond motifs is 12. The van der Waals surface area contributed by atoms with E-state index in [1.165, 1.54) is 6.07 Å². The van der Waals surface area contributed by atoms with Gasteiger partial charge in [-0.25, -0.2) is 4.85 Å². The Bertz CT molecular complexity index is 5100. The standard InChI is InChI=1S/C69H39F3N6/c1-74-58-36-44(69(70,71)72)30-31-47(58)43-29-33-64(78-62-27-15-11-23-51(62)57-38-55-49-21-9-13-25-60(49)76(66(55)40-68(57)78)46-18-6-3-7-19-46)53(35-43)52-34-42(41-73)28-32-63(52)77-61-26-14-10-22-50(61)56-37-54-48-20-8-12-24-59(48)75(65(54)39-67(56)77)45-16-4-2-5-17-45/h2-40H. The summed E-state index contributed by atoms with van der Waals surface area (Å²) in [4.78, 5) is 3.67. The Morgan fingerprint density at radius 3 is 1.22 bits per heavy atom. The fourth-order valence-electron chi connectivity index (χ4n) is 12.3. The van der Waals surface area contributed by atoms with E-state index >= 15 is 0 Å². The first kappa shape index (κ1) is 44.8. The maximum Gasteiger partial charge on any atom is 0.415 e. The van der Waals surface area contributed by atoms with Crippen molar-refractivity contribution in [3.8, 4) is 51.1 Å². The summed E-state index contributed by atoms with van der Waals surface area (Å²) in [7, 11) is 0. The zero-order chi connectivity index (χ0) is 52.4. The second-order valence-corrected chi connectivity index (χ2v) is 19.8. The van der Waals surface area contributed by atoms with Crippen LogP contribution in [0, 0.1) is 17.9 Å². The fourth-order valence-corrected chi connectivity index (χ4v) is 12.3. The molecule has 9 heteroatoms. The van der Waals surface area contributed by atoms with Gasteiger partial charge in [0.25, 0.3) is 0 Å². The molecule has 0 saturated heterocycles. The highest BCUT2D eigenvalue weighted by atomic mass is 19.4. The van der Waals surface area contributed by atoms with Gasteiger partial charge in [0.05, 0.1) is 73.7 Å². The molecule has 11 aromatic carbocycles. The Hall–Kier alpha value is -10.6. The molecule has 0 amide bonds. The number of hydrogen-bond acceptors (Lipinski definition) is 1. The Morgan fingerprint density at radius 2 is 0.769 bits per heavy atom. The van der Waals surface area contributed by atoms with Crippen LogP contribution in [-0.2, 0) is 6.18 Å². The molecular formula is C69H39F3N6. The first-order chi connectivity index (χ1) is 38.2. The van der Waals surface area contributed by atoms with Crippen LogP contribution in [0.1, 0.15) is 11.1 Å². The Kier molecular flexibility index (Phi) is 9.75. The van der Waals surface area contributed by atoms with E-state index in [2.05, 4.69) is 175 Å². The van der Waals surface area contributed by atoms with Crippen LogP contribution in [0.4, 0.5) is 18.9 Å². The fraction of sp³-hybridized carbons (Fsp3) is 0.0145. The van der Waals surface area contributed by atoms with Gasteiger partial charge >= 0.3 is 6.18 Å². The number of hydrogen-bond donors (Lipinski definition) is 0. The molecule has 0 N–H and O–H groups in total. The predicted octanol–water partition coefficient (Wildman–Crippen LogP) is 18.9. The summed E-state index contributed by atoms with van der Waals surface area (Å²) in [6.07, 6.45) is -4.64. The van der Waals surface area contributed by atoms with E-state index < -0.39 is 11.7 Å². The average molecular weight is 1010 g/mol. The van der Waals surface area contributed by atoms with Crippen LogP contribution in [0.15, 0.2) is 237 Å². The summed E-state index contributed by atoms with van der Waals surface area (Å²) >= 11 is 0. The molecule has 15 aromatic rings. The van der Waals surface area contributed by atoms with E-state index in [4.69, 9.17) is 6.57 Å². The monoisotopic (exact) mass is 1010 g/mol. The van der Waals surface area contributed by atoms with Gasteiger partial charge in [0.15, 0.2) is 5.69 Å². The summed E-state index contributed by atoms with van der Waals surface area (Å²) in [5.74, 6) is 0. The Morgan fingerprint density at radius 1 is 0.359 bits per heavy atom. The van der Waals surface area contributed by atoms with Crippen LogP contribution < -0.4 is 0 Å².